The van der Waals surface area contributed by atoms with E-state index in [2.05, 4.69) is 20.2 Å². The molecule has 2 aromatic rings. The molecule has 148 valence electrons. The molecule has 1 spiro atoms. The van der Waals surface area contributed by atoms with Gasteiger partial charge >= 0.3 is 0 Å². The Morgan fingerprint density at radius 3 is 3.21 bits per heavy atom. The third kappa shape index (κ3) is 2.83. The average Bonchev–Trinajstić information content (AvgIpc) is 3.47. The molecule has 1 amide bonds. The number of furan rings is 1. The van der Waals surface area contributed by atoms with Crippen LogP contribution < -0.4 is 15.0 Å². The van der Waals surface area contributed by atoms with E-state index in [1.165, 1.54) is 12.5 Å². The number of amides is 1. The summed E-state index contributed by atoms with van der Waals surface area (Å²) in [6, 6.07) is 3.45. The van der Waals surface area contributed by atoms with E-state index in [0.717, 1.165) is 25.9 Å². The first kappa shape index (κ1) is 17.5. The second-order valence-corrected chi connectivity index (χ2v) is 7.76. The molecule has 8 nitrogen and oxygen atoms in total. The Morgan fingerprint density at radius 1 is 1.46 bits per heavy atom. The molecule has 2 aromatic heterocycles. The van der Waals surface area contributed by atoms with Crippen LogP contribution in [0.4, 0.5) is 5.95 Å². The number of fused-ring (bicyclic) bond motifs is 1. The largest absolute Gasteiger partial charge is 0.478 e. The monoisotopic (exact) mass is 384 g/mol. The van der Waals surface area contributed by atoms with E-state index in [1.807, 2.05) is 6.92 Å². The molecule has 2 bridgehead atoms. The Balaban J connectivity index is 1.30. The lowest BCUT2D eigenvalue weighted by Gasteiger charge is -2.29. The Hall–Kier alpha value is -2.61. The van der Waals surface area contributed by atoms with E-state index in [-0.39, 0.29) is 17.6 Å². The number of ether oxygens (including phenoxy) is 2. The number of hydrogen-bond donors (Lipinski definition) is 1. The summed E-state index contributed by atoms with van der Waals surface area (Å²) in [7, 11) is 0. The molecule has 0 aliphatic carbocycles. The highest BCUT2D eigenvalue weighted by Gasteiger charge is 2.63. The van der Waals surface area contributed by atoms with Gasteiger partial charge in [0.25, 0.3) is 5.91 Å². The van der Waals surface area contributed by atoms with E-state index in [4.69, 9.17) is 13.9 Å². The second kappa shape index (κ2) is 6.77. The molecule has 3 aliphatic rings. The van der Waals surface area contributed by atoms with Crippen LogP contribution in [-0.4, -0.2) is 53.8 Å². The van der Waals surface area contributed by atoms with Gasteiger partial charge in [0.15, 0.2) is 0 Å². The Bertz CT molecular complexity index is 858. The summed E-state index contributed by atoms with van der Waals surface area (Å²) >= 11 is 0. The summed E-state index contributed by atoms with van der Waals surface area (Å²) < 4.78 is 17.0. The normalized spacial score (nSPS) is 30.5. The van der Waals surface area contributed by atoms with Crippen LogP contribution in [0.15, 0.2) is 35.3 Å². The van der Waals surface area contributed by atoms with Crippen molar-refractivity contribution in [1.82, 2.24) is 15.3 Å². The molecule has 0 unspecified atom stereocenters. The van der Waals surface area contributed by atoms with Crippen molar-refractivity contribution in [3.8, 4) is 5.88 Å². The van der Waals surface area contributed by atoms with E-state index in [9.17, 15) is 4.79 Å². The van der Waals surface area contributed by atoms with E-state index in [0.29, 0.717) is 42.4 Å². The predicted molar refractivity (Wildman–Crippen MR) is 100 cm³/mol. The van der Waals surface area contributed by atoms with Crippen LogP contribution in [0.25, 0.3) is 0 Å². The lowest BCUT2D eigenvalue weighted by atomic mass is 9.73. The van der Waals surface area contributed by atoms with Crippen molar-refractivity contribution in [2.45, 2.75) is 31.5 Å². The zero-order chi connectivity index (χ0) is 19.1. The molecular formula is C20H24N4O4. The minimum absolute atomic E-state index is 0.104. The zero-order valence-electron chi connectivity index (χ0n) is 15.8. The van der Waals surface area contributed by atoms with Gasteiger partial charge in [-0.15, -0.1) is 0 Å². The van der Waals surface area contributed by atoms with Crippen molar-refractivity contribution in [3.63, 3.8) is 0 Å². The number of hydrogen-bond acceptors (Lipinski definition) is 7. The fourth-order valence-electron chi connectivity index (χ4n) is 5.04. The van der Waals surface area contributed by atoms with Crippen LogP contribution in [0.2, 0.25) is 0 Å². The molecule has 3 aliphatic heterocycles. The molecule has 5 rings (SSSR count). The van der Waals surface area contributed by atoms with Crippen molar-refractivity contribution in [2.75, 3.05) is 31.1 Å². The number of rotatable bonds is 6. The quantitative estimate of drug-likeness (QED) is 0.813. The van der Waals surface area contributed by atoms with Crippen LogP contribution in [0.1, 0.15) is 30.1 Å². The third-order valence-electron chi connectivity index (χ3n) is 6.26. The first-order valence-electron chi connectivity index (χ1n) is 9.87. The molecule has 0 radical (unpaired) electrons. The topological polar surface area (TPSA) is 89.7 Å². The van der Waals surface area contributed by atoms with Gasteiger partial charge in [0.2, 0.25) is 11.8 Å². The van der Waals surface area contributed by atoms with Crippen LogP contribution in [0.5, 0.6) is 5.88 Å². The van der Waals surface area contributed by atoms with Crippen LogP contribution in [-0.2, 0) is 4.74 Å². The maximum Gasteiger partial charge on any atom is 0.254 e. The maximum absolute atomic E-state index is 12.3. The van der Waals surface area contributed by atoms with Gasteiger partial charge in [-0.05, 0) is 25.8 Å². The molecule has 5 heterocycles. The number of nitrogens with one attached hydrogen (secondary N) is 1. The van der Waals surface area contributed by atoms with Crippen molar-refractivity contribution in [2.24, 2.45) is 11.8 Å². The number of anilines is 1. The fraction of sp³-hybridized carbons (Fsp3) is 0.550. The fourth-order valence-corrected chi connectivity index (χ4v) is 5.04. The van der Waals surface area contributed by atoms with Gasteiger partial charge < -0.3 is 24.1 Å². The lowest BCUT2D eigenvalue weighted by molar-refractivity contribution is 0.0141. The smallest absolute Gasteiger partial charge is 0.254 e. The predicted octanol–water partition coefficient (Wildman–Crippen LogP) is 1.88. The van der Waals surface area contributed by atoms with Gasteiger partial charge in [0, 0.05) is 37.2 Å². The van der Waals surface area contributed by atoms with Crippen molar-refractivity contribution in [3.05, 3.63) is 36.4 Å². The highest BCUT2D eigenvalue weighted by Crippen LogP contribution is 2.55. The Kier molecular flexibility index (Phi) is 4.23. The Morgan fingerprint density at radius 2 is 2.39 bits per heavy atom. The standard InChI is InChI=1S/C20H24N4O4/c1-2-27-17-4-7-21-19(23-17)24-10-15-14(16-3-6-20(15,12-24)28-16)9-22-18(25)13-5-8-26-11-13/h4-5,7-8,11,14-16H,2-3,6,9-10,12H2,1H3,(H,22,25)/t14-,15+,16+,20+/m0/s1. The first-order chi connectivity index (χ1) is 13.7. The summed E-state index contributed by atoms with van der Waals surface area (Å²) in [6.07, 6.45) is 7.02. The summed E-state index contributed by atoms with van der Waals surface area (Å²) in [5, 5.41) is 3.05. The second-order valence-electron chi connectivity index (χ2n) is 7.76. The van der Waals surface area contributed by atoms with E-state index in [1.54, 1.807) is 18.3 Å². The van der Waals surface area contributed by atoms with Gasteiger partial charge in [0.1, 0.15) is 6.26 Å². The maximum atomic E-state index is 12.3. The van der Waals surface area contributed by atoms with Crippen molar-refractivity contribution < 1.29 is 18.7 Å². The van der Waals surface area contributed by atoms with Crippen molar-refractivity contribution in [1.29, 1.82) is 0 Å². The lowest BCUT2D eigenvalue weighted by Crippen LogP contribution is -2.41. The molecule has 4 atom stereocenters. The summed E-state index contributed by atoms with van der Waals surface area (Å²) in [5.41, 5.74) is 0.397. The van der Waals surface area contributed by atoms with Gasteiger partial charge in [0.05, 0.1) is 36.7 Å². The molecule has 3 saturated heterocycles. The van der Waals surface area contributed by atoms with E-state index >= 15 is 0 Å². The van der Waals surface area contributed by atoms with Crippen molar-refractivity contribution >= 4 is 11.9 Å². The van der Waals surface area contributed by atoms with Crippen LogP contribution in [0.3, 0.4) is 0 Å². The Labute approximate surface area is 163 Å². The minimum atomic E-state index is -0.152. The van der Waals surface area contributed by atoms with Crippen LogP contribution in [0, 0.1) is 11.8 Å². The van der Waals surface area contributed by atoms with Gasteiger partial charge in [-0.3, -0.25) is 4.79 Å². The summed E-state index contributed by atoms with van der Waals surface area (Å²) in [4.78, 5) is 23.5. The van der Waals surface area contributed by atoms with E-state index < -0.39 is 0 Å². The zero-order valence-corrected chi connectivity index (χ0v) is 15.8. The summed E-state index contributed by atoms with van der Waals surface area (Å²) in [5.74, 6) is 1.83. The first-order valence-corrected chi connectivity index (χ1v) is 9.87. The highest BCUT2D eigenvalue weighted by molar-refractivity contribution is 5.93. The van der Waals surface area contributed by atoms with Crippen LogP contribution >= 0.6 is 0 Å². The summed E-state index contributed by atoms with van der Waals surface area (Å²) in [6.45, 7) is 4.74. The SMILES string of the molecule is CCOc1ccnc(N2C[C@@H]3[C@H](CNC(=O)c4ccoc4)[C@H]4CC[C@]3(C2)O4)n1. The molecule has 8 heteroatoms. The number of carbonyl (C=O) groups is 1. The molecule has 0 aromatic carbocycles. The minimum Gasteiger partial charge on any atom is -0.478 e. The molecule has 1 N–H and O–H groups in total. The van der Waals surface area contributed by atoms with Gasteiger partial charge in [-0.1, -0.05) is 0 Å². The molecule has 3 fully saturated rings. The molecule has 0 saturated carbocycles. The highest BCUT2D eigenvalue weighted by atomic mass is 16.5. The number of nitrogens with zero attached hydrogens (tertiary/aromatic N) is 3. The molecule has 28 heavy (non-hydrogen) atoms. The number of carbonyl (C=O) groups excluding carboxylic acids is 1. The average molecular weight is 384 g/mol. The van der Waals surface area contributed by atoms with Gasteiger partial charge in [-0.25, -0.2) is 4.98 Å². The number of aromatic nitrogens is 2. The third-order valence-corrected chi connectivity index (χ3v) is 6.26. The van der Waals surface area contributed by atoms with Gasteiger partial charge in [-0.2, -0.15) is 4.98 Å². The molecular weight excluding hydrogens is 360 g/mol.